The Hall–Kier alpha value is -1.29. The highest BCUT2D eigenvalue weighted by molar-refractivity contribution is 5.41. The van der Waals surface area contributed by atoms with E-state index in [2.05, 4.69) is 10.3 Å². The van der Waals surface area contributed by atoms with Gasteiger partial charge in [0.1, 0.15) is 0 Å². The first-order valence-electron chi connectivity index (χ1n) is 5.70. The molecule has 0 amide bonds. The molecule has 0 aromatic carbocycles. The zero-order valence-corrected chi connectivity index (χ0v) is 9.61. The third-order valence-corrected chi connectivity index (χ3v) is 2.79. The van der Waals surface area contributed by atoms with Gasteiger partial charge in [-0.15, -0.1) is 0 Å². The average molecular weight is 222 g/mol. The molecule has 1 aliphatic rings. The maximum atomic E-state index is 5.43. The van der Waals surface area contributed by atoms with Crippen LogP contribution in [0.2, 0.25) is 0 Å². The molecule has 0 spiro atoms. The fraction of sp³-hybridized carbons (Fsp3) is 0.583. The third kappa shape index (κ3) is 3.10. The maximum Gasteiger partial charge on any atom is 0.213 e. The normalized spacial score (nSPS) is 20.4. The van der Waals surface area contributed by atoms with E-state index in [1.807, 2.05) is 12.1 Å². The van der Waals surface area contributed by atoms with Crippen molar-refractivity contribution in [1.29, 1.82) is 0 Å². The van der Waals surface area contributed by atoms with Crippen LogP contribution < -0.4 is 10.1 Å². The van der Waals surface area contributed by atoms with E-state index in [-0.39, 0.29) is 0 Å². The van der Waals surface area contributed by atoms with Gasteiger partial charge >= 0.3 is 0 Å². The van der Waals surface area contributed by atoms with Crippen molar-refractivity contribution in [1.82, 2.24) is 4.98 Å². The van der Waals surface area contributed by atoms with Crippen molar-refractivity contribution in [3.05, 3.63) is 18.3 Å². The Morgan fingerprint density at radius 2 is 2.50 bits per heavy atom. The number of anilines is 1. The van der Waals surface area contributed by atoms with Gasteiger partial charge in [-0.2, -0.15) is 0 Å². The summed E-state index contributed by atoms with van der Waals surface area (Å²) in [6.07, 6.45) is 4.21. The molecule has 88 valence electrons. The van der Waals surface area contributed by atoms with Gasteiger partial charge in [0.25, 0.3) is 0 Å². The molecule has 0 saturated carbocycles. The van der Waals surface area contributed by atoms with Crippen molar-refractivity contribution in [3.63, 3.8) is 0 Å². The van der Waals surface area contributed by atoms with E-state index in [1.165, 1.54) is 12.8 Å². The number of aromatic nitrogens is 1. The Labute approximate surface area is 96.0 Å². The Kier molecular flexibility index (Phi) is 3.99. The van der Waals surface area contributed by atoms with Gasteiger partial charge < -0.3 is 14.8 Å². The SMILES string of the molecule is COc1ccc(NCC2CCCOC2)cn1. The Bertz CT molecular complexity index is 307. The number of rotatable bonds is 4. The van der Waals surface area contributed by atoms with Crippen LogP contribution in [0, 0.1) is 5.92 Å². The smallest absolute Gasteiger partial charge is 0.213 e. The topological polar surface area (TPSA) is 43.4 Å². The second-order valence-corrected chi connectivity index (χ2v) is 4.05. The summed E-state index contributed by atoms with van der Waals surface area (Å²) < 4.78 is 10.4. The molecule has 1 aromatic rings. The van der Waals surface area contributed by atoms with Gasteiger partial charge in [0.2, 0.25) is 5.88 Å². The molecule has 16 heavy (non-hydrogen) atoms. The van der Waals surface area contributed by atoms with Gasteiger partial charge in [-0.25, -0.2) is 4.98 Å². The lowest BCUT2D eigenvalue weighted by atomic mass is 10.0. The number of pyridine rings is 1. The van der Waals surface area contributed by atoms with Crippen LogP contribution >= 0.6 is 0 Å². The van der Waals surface area contributed by atoms with Gasteiger partial charge in [0, 0.05) is 19.2 Å². The Balaban J connectivity index is 1.79. The van der Waals surface area contributed by atoms with E-state index in [9.17, 15) is 0 Å². The molecular formula is C12H18N2O2. The molecule has 2 rings (SSSR count). The predicted octanol–water partition coefficient (Wildman–Crippen LogP) is 1.93. The molecule has 4 heteroatoms. The molecule has 1 aromatic heterocycles. The summed E-state index contributed by atoms with van der Waals surface area (Å²) in [6, 6.07) is 3.84. The van der Waals surface area contributed by atoms with Crippen LogP contribution in [0.1, 0.15) is 12.8 Å². The Morgan fingerprint density at radius 3 is 3.12 bits per heavy atom. The molecule has 1 N–H and O–H groups in total. The van der Waals surface area contributed by atoms with Gasteiger partial charge in [-0.05, 0) is 24.8 Å². The standard InChI is InChI=1S/C12H18N2O2/c1-15-12-5-4-11(8-14-12)13-7-10-3-2-6-16-9-10/h4-5,8,10,13H,2-3,6-7,9H2,1H3. The summed E-state index contributed by atoms with van der Waals surface area (Å²) >= 11 is 0. The number of nitrogens with zero attached hydrogens (tertiary/aromatic N) is 1. The first-order valence-corrected chi connectivity index (χ1v) is 5.70. The molecule has 0 aliphatic carbocycles. The van der Waals surface area contributed by atoms with E-state index in [4.69, 9.17) is 9.47 Å². The highest BCUT2D eigenvalue weighted by atomic mass is 16.5. The summed E-state index contributed by atoms with van der Waals surface area (Å²) in [5.74, 6) is 1.27. The van der Waals surface area contributed by atoms with E-state index < -0.39 is 0 Å². The summed E-state index contributed by atoms with van der Waals surface area (Å²) in [5.41, 5.74) is 1.03. The zero-order valence-electron chi connectivity index (χ0n) is 9.61. The minimum absolute atomic E-state index is 0.621. The molecule has 1 aliphatic heterocycles. The van der Waals surface area contributed by atoms with Crippen LogP contribution in [0.4, 0.5) is 5.69 Å². The monoisotopic (exact) mass is 222 g/mol. The van der Waals surface area contributed by atoms with Gasteiger partial charge in [-0.1, -0.05) is 0 Å². The quantitative estimate of drug-likeness (QED) is 0.845. The van der Waals surface area contributed by atoms with Crippen molar-refractivity contribution in [2.45, 2.75) is 12.8 Å². The molecule has 4 nitrogen and oxygen atoms in total. The van der Waals surface area contributed by atoms with Gasteiger partial charge in [0.05, 0.1) is 25.6 Å². The number of hydrogen-bond acceptors (Lipinski definition) is 4. The second kappa shape index (κ2) is 5.70. The summed E-state index contributed by atoms with van der Waals surface area (Å²) in [4.78, 5) is 4.14. The van der Waals surface area contributed by atoms with Gasteiger partial charge in [-0.3, -0.25) is 0 Å². The number of ether oxygens (including phenoxy) is 2. The summed E-state index contributed by atoms with van der Waals surface area (Å²) in [7, 11) is 1.62. The summed E-state index contributed by atoms with van der Waals surface area (Å²) in [6.45, 7) is 2.74. The van der Waals surface area contributed by atoms with E-state index in [0.29, 0.717) is 11.8 Å². The lowest BCUT2D eigenvalue weighted by molar-refractivity contribution is 0.0595. The van der Waals surface area contributed by atoms with Crippen LogP contribution in [0.15, 0.2) is 18.3 Å². The molecule has 1 unspecified atom stereocenters. The fourth-order valence-corrected chi connectivity index (χ4v) is 1.84. The minimum Gasteiger partial charge on any atom is -0.481 e. The largest absolute Gasteiger partial charge is 0.481 e. The molecular weight excluding hydrogens is 204 g/mol. The van der Waals surface area contributed by atoms with Crippen LogP contribution in [0.5, 0.6) is 5.88 Å². The van der Waals surface area contributed by atoms with Crippen LogP contribution in [0.25, 0.3) is 0 Å². The van der Waals surface area contributed by atoms with Crippen LogP contribution in [-0.2, 0) is 4.74 Å². The maximum absolute atomic E-state index is 5.43. The van der Waals surface area contributed by atoms with E-state index >= 15 is 0 Å². The zero-order chi connectivity index (χ0) is 11.2. The first-order chi connectivity index (χ1) is 7.88. The van der Waals surface area contributed by atoms with Crippen molar-refractivity contribution in [2.24, 2.45) is 5.92 Å². The number of nitrogens with one attached hydrogen (secondary N) is 1. The lowest BCUT2D eigenvalue weighted by Crippen LogP contribution is -2.24. The number of methoxy groups -OCH3 is 1. The minimum atomic E-state index is 0.621. The number of hydrogen-bond donors (Lipinski definition) is 1. The fourth-order valence-electron chi connectivity index (χ4n) is 1.84. The van der Waals surface area contributed by atoms with Crippen molar-refractivity contribution < 1.29 is 9.47 Å². The molecule has 1 fully saturated rings. The molecule has 1 saturated heterocycles. The third-order valence-electron chi connectivity index (χ3n) is 2.79. The van der Waals surface area contributed by atoms with Gasteiger partial charge in [0.15, 0.2) is 0 Å². The highest BCUT2D eigenvalue weighted by Gasteiger charge is 2.13. The second-order valence-electron chi connectivity index (χ2n) is 4.05. The van der Waals surface area contributed by atoms with E-state index in [1.54, 1.807) is 13.3 Å². The van der Waals surface area contributed by atoms with Crippen molar-refractivity contribution in [3.8, 4) is 5.88 Å². The Morgan fingerprint density at radius 1 is 1.56 bits per heavy atom. The average Bonchev–Trinajstić information content (AvgIpc) is 2.38. The van der Waals surface area contributed by atoms with Crippen LogP contribution in [0.3, 0.4) is 0 Å². The van der Waals surface area contributed by atoms with Crippen molar-refractivity contribution in [2.75, 3.05) is 32.2 Å². The first kappa shape index (κ1) is 11.2. The van der Waals surface area contributed by atoms with Crippen LogP contribution in [-0.4, -0.2) is 31.9 Å². The molecule has 0 radical (unpaired) electrons. The highest BCUT2D eigenvalue weighted by Crippen LogP contribution is 2.16. The lowest BCUT2D eigenvalue weighted by Gasteiger charge is -2.22. The molecule has 2 heterocycles. The van der Waals surface area contributed by atoms with E-state index in [0.717, 1.165) is 25.4 Å². The summed E-state index contributed by atoms with van der Waals surface area (Å²) in [5, 5.41) is 3.37. The van der Waals surface area contributed by atoms with Crippen molar-refractivity contribution >= 4 is 5.69 Å². The molecule has 0 bridgehead atoms. The predicted molar refractivity (Wildman–Crippen MR) is 62.8 cm³/mol. The molecule has 1 atom stereocenters.